The van der Waals surface area contributed by atoms with Gasteiger partial charge in [-0.25, -0.2) is 0 Å². The minimum absolute atomic E-state index is 0.679. The summed E-state index contributed by atoms with van der Waals surface area (Å²) in [6.07, 6.45) is 2.02. The van der Waals surface area contributed by atoms with E-state index in [0.717, 1.165) is 22.2 Å². The zero-order valence-corrected chi connectivity index (χ0v) is 18.2. The van der Waals surface area contributed by atoms with Crippen LogP contribution in [-0.4, -0.2) is 4.57 Å². The molecule has 0 atom stereocenters. The highest BCUT2D eigenvalue weighted by atomic mass is 15.0. The molecule has 4 aromatic rings. The third-order valence-electron chi connectivity index (χ3n) is 5.81. The third kappa shape index (κ3) is 3.44. The Morgan fingerprint density at radius 3 is 2.17 bits per heavy atom. The minimum Gasteiger partial charge on any atom is -0.317 e. The van der Waals surface area contributed by atoms with Crippen LogP contribution < -0.4 is 0 Å². The van der Waals surface area contributed by atoms with E-state index in [1.54, 1.807) is 0 Å². The predicted octanol–water partition coefficient (Wildman–Crippen LogP) is 7.24. The molecule has 1 aromatic heterocycles. The van der Waals surface area contributed by atoms with Gasteiger partial charge in [-0.15, -0.1) is 0 Å². The molecule has 2 nitrogen and oxygen atoms in total. The van der Waals surface area contributed by atoms with Crippen molar-refractivity contribution in [2.75, 3.05) is 0 Å². The van der Waals surface area contributed by atoms with Crippen molar-refractivity contribution in [3.63, 3.8) is 0 Å². The Labute approximate surface area is 178 Å². The summed E-state index contributed by atoms with van der Waals surface area (Å²) in [5.41, 5.74) is 10.1. The molecular formula is C28H26N2. The second-order valence-corrected chi connectivity index (χ2v) is 8.14. The normalized spacial score (nSPS) is 11.7. The van der Waals surface area contributed by atoms with E-state index in [4.69, 9.17) is 0 Å². The van der Waals surface area contributed by atoms with Crippen LogP contribution in [0.2, 0.25) is 0 Å². The number of aromatic nitrogens is 1. The molecule has 2 heteroatoms. The monoisotopic (exact) mass is 390 g/mol. The van der Waals surface area contributed by atoms with Crippen LogP contribution in [0, 0.1) is 45.9 Å². The molecule has 0 N–H and O–H groups in total. The van der Waals surface area contributed by atoms with Gasteiger partial charge >= 0.3 is 0 Å². The van der Waals surface area contributed by atoms with Crippen LogP contribution in [0.5, 0.6) is 0 Å². The third-order valence-corrected chi connectivity index (χ3v) is 5.81. The lowest BCUT2D eigenvalue weighted by molar-refractivity contribution is 0.941. The fraction of sp³-hybridized carbons (Fsp3) is 0.179. The maximum Gasteiger partial charge on any atom is 0.0998 e. The van der Waals surface area contributed by atoms with Crippen molar-refractivity contribution in [3.8, 4) is 11.8 Å². The van der Waals surface area contributed by atoms with Gasteiger partial charge in [0.2, 0.25) is 0 Å². The van der Waals surface area contributed by atoms with Crippen LogP contribution in [0.4, 0.5) is 0 Å². The molecule has 0 bridgehead atoms. The van der Waals surface area contributed by atoms with Crippen molar-refractivity contribution in [1.29, 1.82) is 5.26 Å². The topological polar surface area (TPSA) is 28.7 Å². The average molecular weight is 391 g/mol. The fourth-order valence-corrected chi connectivity index (χ4v) is 4.50. The Kier molecular flexibility index (Phi) is 5.06. The molecule has 30 heavy (non-hydrogen) atoms. The number of aryl methyl sites for hydroxylation is 4. The van der Waals surface area contributed by atoms with Crippen molar-refractivity contribution in [2.45, 2.75) is 34.6 Å². The van der Waals surface area contributed by atoms with Crippen LogP contribution >= 0.6 is 0 Å². The summed E-state index contributed by atoms with van der Waals surface area (Å²) >= 11 is 0. The quantitative estimate of drug-likeness (QED) is 0.339. The molecule has 0 aliphatic carbocycles. The lowest BCUT2D eigenvalue weighted by atomic mass is 10.00. The molecule has 0 radical (unpaired) electrons. The number of hydrogen-bond acceptors (Lipinski definition) is 1. The first-order valence-corrected chi connectivity index (χ1v) is 10.3. The van der Waals surface area contributed by atoms with Crippen molar-refractivity contribution >= 4 is 22.4 Å². The SMILES string of the molecule is Cc1cc(C)c(-n2c(C)cc(/C=C(/C#N)c3ccc4ccccc4c3)c2C)c(C)c1. The number of allylic oxidation sites excluding steroid dienone is 1. The van der Waals surface area contributed by atoms with E-state index < -0.39 is 0 Å². The molecule has 0 unspecified atom stereocenters. The fourth-order valence-electron chi connectivity index (χ4n) is 4.50. The van der Waals surface area contributed by atoms with Gasteiger partial charge in [-0.1, -0.05) is 54.1 Å². The van der Waals surface area contributed by atoms with E-state index in [1.807, 2.05) is 24.3 Å². The molecule has 0 saturated carbocycles. The molecule has 0 amide bonds. The molecule has 4 rings (SSSR count). The van der Waals surface area contributed by atoms with Crippen LogP contribution in [0.3, 0.4) is 0 Å². The Morgan fingerprint density at radius 1 is 0.833 bits per heavy atom. The Balaban J connectivity index is 1.84. The van der Waals surface area contributed by atoms with Gasteiger partial charge in [-0.2, -0.15) is 5.26 Å². The predicted molar refractivity (Wildman–Crippen MR) is 127 cm³/mol. The molecule has 0 aliphatic rings. The second kappa shape index (κ2) is 7.69. The summed E-state index contributed by atoms with van der Waals surface area (Å²) < 4.78 is 2.31. The molecule has 0 aliphatic heterocycles. The number of nitriles is 1. The highest BCUT2D eigenvalue weighted by Gasteiger charge is 2.14. The average Bonchev–Trinajstić information content (AvgIpc) is 2.98. The highest BCUT2D eigenvalue weighted by Crippen LogP contribution is 2.30. The number of fused-ring (bicyclic) bond motifs is 1. The van der Waals surface area contributed by atoms with Gasteiger partial charge in [0, 0.05) is 11.4 Å². The Morgan fingerprint density at radius 2 is 1.50 bits per heavy atom. The maximum atomic E-state index is 9.89. The summed E-state index contributed by atoms with van der Waals surface area (Å²) in [7, 11) is 0. The van der Waals surface area contributed by atoms with Crippen LogP contribution in [-0.2, 0) is 0 Å². The van der Waals surface area contributed by atoms with Gasteiger partial charge in [-0.3, -0.25) is 0 Å². The molecule has 0 spiro atoms. The van der Waals surface area contributed by atoms with E-state index >= 15 is 0 Å². The minimum atomic E-state index is 0.679. The van der Waals surface area contributed by atoms with Crippen LogP contribution in [0.25, 0.3) is 28.1 Å². The summed E-state index contributed by atoms with van der Waals surface area (Å²) in [6, 6.07) is 23.5. The summed E-state index contributed by atoms with van der Waals surface area (Å²) in [6.45, 7) is 10.7. The first-order chi connectivity index (χ1) is 14.4. The molecule has 148 valence electrons. The van der Waals surface area contributed by atoms with Crippen molar-refractivity contribution in [2.24, 2.45) is 0 Å². The van der Waals surface area contributed by atoms with E-state index in [-0.39, 0.29) is 0 Å². The maximum absolute atomic E-state index is 9.89. The van der Waals surface area contributed by atoms with Crippen molar-refractivity contribution in [3.05, 3.63) is 99.9 Å². The highest BCUT2D eigenvalue weighted by molar-refractivity contribution is 5.94. The molecule has 3 aromatic carbocycles. The van der Waals surface area contributed by atoms with Gasteiger partial charge in [0.15, 0.2) is 0 Å². The van der Waals surface area contributed by atoms with E-state index in [2.05, 4.69) is 87.7 Å². The number of rotatable bonds is 3. The first kappa shape index (κ1) is 19.7. The van der Waals surface area contributed by atoms with Gasteiger partial charge in [-0.05, 0) is 85.9 Å². The van der Waals surface area contributed by atoms with Gasteiger partial charge in [0.1, 0.15) is 0 Å². The number of nitrogens with zero attached hydrogens (tertiary/aromatic N) is 2. The largest absolute Gasteiger partial charge is 0.317 e. The summed E-state index contributed by atoms with van der Waals surface area (Å²) in [5.74, 6) is 0. The van der Waals surface area contributed by atoms with Gasteiger partial charge in [0.25, 0.3) is 0 Å². The number of hydrogen-bond donors (Lipinski definition) is 0. The number of benzene rings is 3. The van der Waals surface area contributed by atoms with Crippen LogP contribution in [0.15, 0.2) is 60.7 Å². The van der Waals surface area contributed by atoms with Crippen molar-refractivity contribution in [1.82, 2.24) is 4.57 Å². The van der Waals surface area contributed by atoms with E-state index in [1.165, 1.54) is 33.5 Å². The Bertz CT molecular complexity index is 1320. The van der Waals surface area contributed by atoms with Gasteiger partial charge in [0.05, 0.1) is 17.3 Å². The standard InChI is InChI=1S/C28H26N2/c1-18-12-19(2)28(20(3)13-18)30-21(4)14-26(22(30)5)16-27(17-29)25-11-10-23-8-6-7-9-24(23)15-25/h6-16H,1-5H3/b27-16-. The lowest BCUT2D eigenvalue weighted by Gasteiger charge is -2.17. The van der Waals surface area contributed by atoms with Crippen LogP contribution in [0.1, 0.15) is 39.2 Å². The summed E-state index contributed by atoms with van der Waals surface area (Å²) in [5, 5.41) is 12.2. The smallest absolute Gasteiger partial charge is 0.0998 e. The molecular weight excluding hydrogens is 364 g/mol. The molecule has 1 heterocycles. The van der Waals surface area contributed by atoms with E-state index in [0.29, 0.717) is 5.57 Å². The molecule has 0 saturated heterocycles. The van der Waals surface area contributed by atoms with Crippen molar-refractivity contribution < 1.29 is 0 Å². The second-order valence-electron chi connectivity index (χ2n) is 8.14. The molecule has 0 fully saturated rings. The Hall–Kier alpha value is -3.57. The lowest BCUT2D eigenvalue weighted by Crippen LogP contribution is -2.04. The summed E-state index contributed by atoms with van der Waals surface area (Å²) in [4.78, 5) is 0. The zero-order valence-electron chi connectivity index (χ0n) is 18.2. The zero-order chi connectivity index (χ0) is 21.4. The van der Waals surface area contributed by atoms with Gasteiger partial charge < -0.3 is 4.57 Å². The van der Waals surface area contributed by atoms with E-state index in [9.17, 15) is 5.26 Å². The first-order valence-electron chi connectivity index (χ1n) is 10.3.